The van der Waals surface area contributed by atoms with Crippen molar-refractivity contribution in [2.45, 2.75) is 51.0 Å². The van der Waals surface area contributed by atoms with Crippen molar-refractivity contribution in [3.8, 4) is 0 Å². The van der Waals surface area contributed by atoms with E-state index in [0.717, 1.165) is 64.7 Å². The maximum Gasteiger partial charge on any atom is 0.315 e. The van der Waals surface area contributed by atoms with Crippen LogP contribution in [0.1, 0.15) is 45.4 Å². The molecule has 0 aromatic rings. The summed E-state index contributed by atoms with van der Waals surface area (Å²) in [6, 6.07) is -0.210. The Labute approximate surface area is 150 Å². The molecule has 3 rings (SSSR count). The first-order valence-corrected chi connectivity index (χ1v) is 9.21. The minimum atomic E-state index is -0.670. The topological polar surface area (TPSA) is 73.5 Å². The molecule has 0 bridgehead atoms. The number of nitrogens with zero attached hydrogens (tertiary/aromatic N) is 1. The van der Waals surface area contributed by atoms with E-state index < -0.39 is 5.54 Å². The van der Waals surface area contributed by atoms with Crippen molar-refractivity contribution >= 4 is 24.3 Å². The Kier molecular flexibility index (Phi) is 6.75. The molecule has 2 saturated heterocycles. The summed E-state index contributed by atoms with van der Waals surface area (Å²) in [7, 11) is 0. The highest BCUT2D eigenvalue weighted by atomic mass is 35.5. The van der Waals surface area contributed by atoms with Crippen LogP contribution in [-0.2, 0) is 4.79 Å². The Bertz CT molecular complexity index is 440. The maximum atomic E-state index is 13.2. The van der Waals surface area contributed by atoms with Crippen LogP contribution in [0.3, 0.4) is 0 Å². The van der Waals surface area contributed by atoms with E-state index in [1.165, 1.54) is 0 Å². The lowest BCUT2D eigenvalue weighted by atomic mass is 9.92. The van der Waals surface area contributed by atoms with E-state index in [1.807, 2.05) is 11.8 Å². The van der Waals surface area contributed by atoms with Gasteiger partial charge in [0.2, 0.25) is 5.91 Å². The molecule has 0 unspecified atom stereocenters. The van der Waals surface area contributed by atoms with Crippen LogP contribution in [0.15, 0.2) is 0 Å². The van der Waals surface area contributed by atoms with Crippen LogP contribution < -0.4 is 16.0 Å². The normalized spacial score (nSPS) is 28.5. The highest BCUT2D eigenvalue weighted by molar-refractivity contribution is 5.91. The first-order valence-electron chi connectivity index (χ1n) is 9.21. The van der Waals surface area contributed by atoms with Crippen molar-refractivity contribution in [1.29, 1.82) is 0 Å². The molecule has 3 aliphatic rings. The van der Waals surface area contributed by atoms with Gasteiger partial charge in [-0.2, -0.15) is 0 Å². The Morgan fingerprint density at radius 2 is 1.71 bits per heavy atom. The van der Waals surface area contributed by atoms with E-state index in [2.05, 4.69) is 16.0 Å². The zero-order valence-corrected chi connectivity index (χ0v) is 15.4. The Morgan fingerprint density at radius 1 is 1.12 bits per heavy atom. The van der Waals surface area contributed by atoms with Crippen LogP contribution in [-0.4, -0.2) is 55.1 Å². The summed E-state index contributed by atoms with van der Waals surface area (Å²) in [6.45, 7) is 6.32. The van der Waals surface area contributed by atoms with Crippen molar-refractivity contribution in [1.82, 2.24) is 20.9 Å². The highest BCUT2D eigenvalue weighted by Crippen LogP contribution is 2.34. The van der Waals surface area contributed by atoms with Crippen molar-refractivity contribution in [3.63, 3.8) is 0 Å². The first-order chi connectivity index (χ1) is 11.1. The molecule has 24 heavy (non-hydrogen) atoms. The zero-order valence-electron chi connectivity index (χ0n) is 14.6. The van der Waals surface area contributed by atoms with Gasteiger partial charge in [-0.05, 0) is 57.5 Å². The van der Waals surface area contributed by atoms with E-state index in [0.29, 0.717) is 18.4 Å². The molecule has 3 N–H and O–H groups in total. The molecule has 0 spiro atoms. The second-order valence-electron chi connectivity index (χ2n) is 7.32. The summed E-state index contributed by atoms with van der Waals surface area (Å²) in [5, 5.41) is 9.25. The first kappa shape index (κ1) is 19.3. The second-order valence-corrected chi connectivity index (χ2v) is 7.32. The number of hydrogen-bond acceptors (Lipinski definition) is 3. The molecule has 0 radical (unpaired) electrons. The molecule has 2 atom stereocenters. The summed E-state index contributed by atoms with van der Waals surface area (Å²) in [5.74, 6) is 1.57. The number of nitrogens with one attached hydrogen (secondary N) is 3. The number of carbonyl (C=O) groups is 2. The fourth-order valence-electron chi connectivity index (χ4n) is 4.52. The van der Waals surface area contributed by atoms with Gasteiger partial charge in [0.25, 0.3) is 0 Å². The fraction of sp³-hybridized carbons (Fsp3) is 0.882. The van der Waals surface area contributed by atoms with Gasteiger partial charge in [0.05, 0.1) is 0 Å². The zero-order chi connectivity index (χ0) is 16.3. The van der Waals surface area contributed by atoms with E-state index in [-0.39, 0.29) is 24.3 Å². The Morgan fingerprint density at radius 3 is 2.25 bits per heavy atom. The molecular weight excluding hydrogens is 328 g/mol. The maximum absolute atomic E-state index is 13.2. The summed E-state index contributed by atoms with van der Waals surface area (Å²) in [4.78, 5) is 27.2. The molecule has 1 saturated carbocycles. The van der Waals surface area contributed by atoms with Crippen LogP contribution in [0.25, 0.3) is 0 Å². The molecule has 138 valence electrons. The van der Waals surface area contributed by atoms with Crippen LogP contribution >= 0.6 is 12.4 Å². The molecule has 0 aromatic heterocycles. The van der Waals surface area contributed by atoms with Gasteiger partial charge in [-0.3, -0.25) is 4.79 Å². The van der Waals surface area contributed by atoms with E-state index in [1.54, 1.807) is 0 Å². The highest BCUT2D eigenvalue weighted by Gasteiger charge is 2.45. The van der Waals surface area contributed by atoms with E-state index in [9.17, 15) is 9.59 Å². The summed E-state index contributed by atoms with van der Waals surface area (Å²) in [5.41, 5.74) is -0.670. The van der Waals surface area contributed by atoms with Crippen LogP contribution in [0.5, 0.6) is 0 Å². The van der Waals surface area contributed by atoms with Gasteiger partial charge in [0.1, 0.15) is 5.54 Å². The number of likely N-dealkylation sites (tertiary alicyclic amines) is 1. The van der Waals surface area contributed by atoms with Gasteiger partial charge >= 0.3 is 6.03 Å². The summed E-state index contributed by atoms with van der Waals surface area (Å²) in [6.07, 6.45) is 5.74. The van der Waals surface area contributed by atoms with Gasteiger partial charge in [0.15, 0.2) is 0 Å². The average Bonchev–Trinajstić information content (AvgIpc) is 3.13. The van der Waals surface area contributed by atoms with Crippen LogP contribution in [0, 0.1) is 11.8 Å². The van der Waals surface area contributed by atoms with Gasteiger partial charge in [-0.1, -0.05) is 12.8 Å². The van der Waals surface area contributed by atoms with Gasteiger partial charge < -0.3 is 20.9 Å². The third kappa shape index (κ3) is 3.97. The molecule has 0 aromatic carbocycles. The number of amides is 3. The number of urea groups is 1. The number of carbonyl (C=O) groups excluding carboxylic acids is 2. The molecule has 2 aliphatic heterocycles. The lowest BCUT2D eigenvalue weighted by molar-refractivity contribution is -0.137. The van der Waals surface area contributed by atoms with Crippen LogP contribution in [0.2, 0.25) is 0 Å². The largest absolute Gasteiger partial charge is 0.341 e. The molecule has 3 fully saturated rings. The molecular formula is C17H31ClN4O2. The fourth-order valence-corrected chi connectivity index (χ4v) is 4.52. The number of halogens is 1. The number of rotatable bonds is 3. The summed E-state index contributed by atoms with van der Waals surface area (Å²) >= 11 is 0. The number of hydrogen-bond donors (Lipinski definition) is 3. The SMILES string of the molecule is CCNC(=O)NC1(C(=O)N2CC[C@@H]3CNC[C@@H]3CC2)CCCC1.Cl. The van der Waals surface area contributed by atoms with Crippen LogP contribution in [0.4, 0.5) is 4.79 Å². The average molecular weight is 359 g/mol. The van der Waals surface area contributed by atoms with Gasteiger partial charge in [-0.15, -0.1) is 12.4 Å². The predicted octanol–water partition coefficient (Wildman–Crippen LogP) is 1.50. The smallest absolute Gasteiger partial charge is 0.315 e. The predicted molar refractivity (Wildman–Crippen MR) is 96.3 cm³/mol. The van der Waals surface area contributed by atoms with Crippen molar-refractivity contribution in [3.05, 3.63) is 0 Å². The molecule has 3 amide bonds. The molecule has 1 aliphatic carbocycles. The van der Waals surface area contributed by atoms with Crippen molar-refractivity contribution < 1.29 is 9.59 Å². The molecule has 2 heterocycles. The lowest BCUT2D eigenvalue weighted by Crippen LogP contribution is -2.60. The van der Waals surface area contributed by atoms with E-state index >= 15 is 0 Å². The quantitative estimate of drug-likeness (QED) is 0.715. The third-order valence-electron chi connectivity index (χ3n) is 5.86. The lowest BCUT2D eigenvalue weighted by Gasteiger charge is -2.34. The number of fused-ring (bicyclic) bond motifs is 1. The third-order valence-corrected chi connectivity index (χ3v) is 5.86. The Balaban J connectivity index is 0.00000208. The summed E-state index contributed by atoms with van der Waals surface area (Å²) < 4.78 is 0. The molecule has 7 heteroatoms. The van der Waals surface area contributed by atoms with Crippen molar-refractivity contribution in [2.24, 2.45) is 11.8 Å². The van der Waals surface area contributed by atoms with Gasteiger partial charge in [0, 0.05) is 19.6 Å². The molecule has 6 nitrogen and oxygen atoms in total. The Hall–Kier alpha value is -1.01. The minimum Gasteiger partial charge on any atom is -0.341 e. The second kappa shape index (κ2) is 8.39. The standard InChI is InChI=1S/C17H30N4O2.ClH/c1-2-19-16(23)20-17(7-3-4-8-17)15(22)21-9-5-13-11-18-12-14(13)6-10-21;/h13-14,18H,2-12H2,1H3,(H2,19,20,23);1H/t13-,14+;. The monoisotopic (exact) mass is 358 g/mol. The van der Waals surface area contributed by atoms with Crippen molar-refractivity contribution in [2.75, 3.05) is 32.7 Å². The van der Waals surface area contributed by atoms with Gasteiger partial charge in [-0.25, -0.2) is 4.79 Å². The van der Waals surface area contributed by atoms with E-state index in [4.69, 9.17) is 0 Å². The minimum absolute atomic E-state index is 0.